The zero-order chi connectivity index (χ0) is 25.4. The van der Waals surface area contributed by atoms with E-state index in [-0.39, 0.29) is 34.3 Å². The van der Waals surface area contributed by atoms with Crippen LogP contribution in [0.1, 0.15) is 44.7 Å². The summed E-state index contributed by atoms with van der Waals surface area (Å²) in [7, 11) is 1.71. The van der Waals surface area contributed by atoms with Crippen molar-refractivity contribution in [2.24, 2.45) is 18.0 Å². The van der Waals surface area contributed by atoms with E-state index in [1.807, 2.05) is 42.7 Å². The lowest BCUT2D eigenvalue weighted by atomic mass is 10.1. The molecule has 1 fully saturated rings. The van der Waals surface area contributed by atoms with E-state index < -0.39 is 5.95 Å². The number of fused-ring (bicyclic) bond motifs is 3. The highest BCUT2D eigenvalue weighted by Crippen LogP contribution is 2.32. The number of nitrogens with one attached hydrogen (secondary N) is 2. The summed E-state index contributed by atoms with van der Waals surface area (Å²) in [6, 6.07) is 12.6. The van der Waals surface area contributed by atoms with Gasteiger partial charge in [-0.1, -0.05) is 44.2 Å². The monoisotopic (exact) mass is 490 g/mol. The van der Waals surface area contributed by atoms with Crippen molar-refractivity contribution in [3.05, 3.63) is 80.7 Å². The van der Waals surface area contributed by atoms with E-state index in [4.69, 9.17) is 15.1 Å². The van der Waals surface area contributed by atoms with Gasteiger partial charge in [0, 0.05) is 19.2 Å². The van der Waals surface area contributed by atoms with Gasteiger partial charge in [-0.2, -0.15) is 4.39 Å². The van der Waals surface area contributed by atoms with Crippen molar-refractivity contribution in [1.29, 1.82) is 5.41 Å². The van der Waals surface area contributed by atoms with Crippen LogP contribution in [0.3, 0.4) is 0 Å². The summed E-state index contributed by atoms with van der Waals surface area (Å²) < 4.78 is 23.0. The van der Waals surface area contributed by atoms with Crippen LogP contribution in [0, 0.1) is 17.3 Å². The van der Waals surface area contributed by atoms with Gasteiger partial charge in [-0.3, -0.25) is 19.3 Å². The molecular formula is C27H31FN6O2. The lowest BCUT2D eigenvalue weighted by Crippen LogP contribution is -2.59. The number of rotatable bonds is 7. The molecule has 1 aromatic carbocycles. The van der Waals surface area contributed by atoms with Crippen molar-refractivity contribution < 1.29 is 9.13 Å². The number of pyridine rings is 1. The SMILES string of the molecule is CC(C)CO/C(NCc1ccc(-c2cccc(F)n2)cc1)=c1\c(=O)n(C)c2n(c1=N)[C@H]1CCC[C@H]1N=2. The Morgan fingerprint density at radius 3 is 2.72 bits per heavy atom. The Bertz CT molecular complexity index is 1520. The van der Waals surface area contributed by atoms with Crippen LogP contribution in [0.2, 0.25) is 0 Å². The first-order valence-corrected chi connectivity index (χ1v) is 12.4. The molecule has 36 heavy (non-hydrogen) atoms. The highest BCUT2D eigenvalue weighted by atomic mass is 19.1. The van der Waals surface area contributed by atoms with Gasteiger partial charge in [0.25, 0.3) is 5.56 Å². The lowest BCUT2D eigenvalue weighted by molar-refractivity contribution is 0.214. The van der Waals surface area contributed by atoms with Crippen LogP contribution in [0.4, 0.5) is 4.39 Å². The quantitative estimate of drug-likeness (QED) is 0.496. The maximum absolute atomic E-state index is 13.5. The molecule has 1 aliphatic carbocycles. The fraction of sp³-hybridized carbons (Fsp3) is 0.407. The molecule has 1 saturated carbocycles. The van der Waals surface area contributed by atoms with Crippen LogP contribution in [0.15, 0.2) is 52.3 Å². The Labute approximate surface area is 208 Å². The van der Waals surface area contributed by atoms with Crippen molar-refractivity contribution in [2.75, 3.05) is 6.61 Å². The molecule has 0 unspecified atom stereocenters. The summed E-state index contributed by atoms with van der Waals surface area (Å²) in [5, 5.41) is 12.5. The fourth-order valence-corrected chi connectivity index (χ4v) is 4.94. The minimum Gasteiger partial charge on any atom is -0.478 e. The van der Waals surface area contributed by atoms with E-state index in [0.29, 0.717) is 30.3 Å². The van der Waals surface area contributed by atoms with Crippen LogP contribution >= 0.6 is 0 Å². The second kappa shape index (κ2) is 9.72. The predicted octanol–water partition coefficient (Wildman–Crippen LogP) is 2.12. The van der Waals surface area contributed by atoms with Gasteiger partial charge in [0.05, 0.1) is 24.4 Å². The third-order valence-electron chi connectivity index (χ3n) is 6.77. The van der Waals surface area contributed by atoms with E-state index in [1.54, 1.807) is 19.2 Å². The van der Waals surface area contributed by atoms with Gasteiger partial charge >= 0.3 is 0 Å². The van der Waals surface area contributed by atoms with Gasteiger partial charge in [-0.25, -0.2) is 9.98 Å². The molecule has 0 amide bonds. The molecule has 2 atom stereocenters. The summed E-state index contributed by atoms with van der Waals surface area (Å²) in [5.74, 6) is 0.0348. The van der Waals surface area contributed by atoms with Crippen LogP contribution in [0.5, 0.6) is 0 Å². The number of halogens is 1. The molecule has 2 aromatic heterocycles. The standard InChI is InChI=1S/C27H31FN6O2/c1-16(2)15-36-25(30-14-17-10-12-18(13-11-17)19-6-5-9-22(28)31-19)23-24(29)34-21-8-4-7-20(21)32-27(34)33(3)26(23)35/h5-6,9-13,16,20-21,29-30H,4,7-8,14-15H2,1-3H3/b25-23-,29-24?/t20-,21+/m1/s1. The molecule has 1 aliphatic heterocycles. The predicted molar refractivity (Wildman–Crippen MR) is 134 cm³/mol. The highest BCUT2D eigenvalue weighted by molar-refractivity contribution is 5.59. The summed E-state index contributed by atoms with van der Waals surface area (Å²) in [6.45, 7) is 4.88. The summed E-state index contributed by atoms with van der Waals surface area (Å²) in [5.41, 5.74) is 2.73. The minimum absolute atomic E-state index is 0.119. The van der Waals surface area contributed by atoms with Gasteiger partial charge in [0.15, 0.2) is 0 Å². The molecule has 3 aromatic rings. The highest BCUT2D eigenvalue weighted by Gasteiger charge is 2.35. The number of ether oxygens (including phenoxy) is 1. The molecule has 0 saturated heterocycles. The number of hydrogen-bond donors (Lipinski definition) is 2. The molecule has 2 aliphatic rings. The smallest absolute Gasteiger partial charge is 0.269 e. The maximum Gasteiger partial charge on any atom is 0.269 e. The van der Waals surface area contributed by atoms with Crippen molar-refractivity contribution in [3.63, 3.8) is 0 Å². The summed E-state index contributed by atoms with van der Waals surface area (Å²) in [6.07, 6.45) is 3.01. The Kier molecular flexibility index (Phi) is 6.47. The van der Waals surface area contributed by atoms with E-state index >= 15 is 0 Å². The number of nitrogens with zero attached hydrogens (tertiary/aromatic N) is 4. The van der Waals surface area contributed by atoms with E-state index in [1.165, 1.54) is 10.6 Å². The number of benzene rings is 1. The second-order valence-corrected chi connectivity index (χ2v) is 9.88. The molecule has 0 radical (unpaired) electrons. The Hall–Kier alpha value is -3.75. The molecule has 8 nitrogen and oxygen atoms in total. The zero-order valence-electron chi connectivity index (χ0n) is 20.8. The van der Waals surface area contributed by atoms with Crippen molar-refractivity contribution in [2.45, 2.75) is 51.7 Å². The maximum atomic E-state index is 13.5. The van der Waals surface area contributed by atoms with Gasteiger partial charge in [-0.15, -0.1) is 0 Å². The molecule has 2 N–H and O–H groups in total. The lowest BCUT2D eigenvalue weighted by Gasteiger charge is -2.17. The zero-order valence-corrected chi connectivity index (χ0v) is 20.8. The van der Waals surface area contributed by atoms with Crippen LogP contribution in [-0.4, -0.2) is 26.8 Å². The third-order valence-corrected chi connectivity index (χ3v) is 6.77. The van der Waals surface area contributed by atoms with Crippen LogP contribution in [-0.2, 0) is 18.3 Å². The fourth-order valence-electron chi connectivity index (χ4n) is 4.94. The molecular weight excluding hydrogens is 459 g/mol. The normalized spacial score (nSPS) is 19.0. The van der Waals surface area contributed by atoms with Crippen molar-refractivity contribution in [3.8, 4) is 11.3 Å². The molecule has 5 rings (SSSR count). The minimum atomic E-state index is -0.517. The van der Waals surface area contributed by atoms with E-state index in [9.17, 15) is 9.18 Å². The topological polar surface area (TPSA) is 97.3 Å². The van der Waals surface area contributed by atoms with Crippen LogP contribution < -0.4 is 27.2 Å². The number of aromatic nitrogens is 3. The van der Waals surface area contributed by atoms with E-state index in [0.717, 1.165) is 30.4 Å². The molecule has 3 heterocycles. The van der Waals surface area contributed by atoms with Gasteiger partial charge in [0.2, 0.25) is 17.4 Å². The Morgan fingerprint density at radius 1 is 1.22 bits per heavy atom. The van der Waals surface area contributed by atoms with E-state index in [2.05, 4.69) is 10.3 Å². The third kappa shape index (κ3) is 4.45. The summed E-state index contributed by atoms with van der Waals surface area (Å²) >= 11 is 0. The van der Waals surface area contributed by atoms with Gasteiger partial charge in [0.1, 0.15) is 10.7 Å². The van der Waals surface area contributed by atoms with Gasteiger partial charge in [-0.05, 0) is 42.9 Å². The first-order chi connectivity index (χ1) is 17.3. The Morgan fingerprint density at radius 2 is 2.00 bits per heavy atom. The molecule has 0 bridgehead atoms. The number of hydrogen-bond acceptors (Lipinski definition) is 6. The molecule has 188 valence electrons. The summed E-state index contributed by atoms with van der Waals surface area (Å²) in [4.78, 5) is 22.1. The molecule has 9 heteroatoms. The first kappa shape index (κ1) is 24.0. The first-order valence-electron chi connectivity index (χ1n) is 12.4. The largest absolute Gasteiger partial charge is 0.478 e. The average molecular weight is 491 g/mol. The Balaban J connectivity index is 1.50. The molecule has 0 spiro atoms. The van der Waals surface area contributed by atoms with Crippen LogP contribution in [0.25, 0.3) is 17.1 Å². The average Bonchev–Trinajstić information content (AvgIpc) is 3.46. The van der Waals surface area contributed by atoms with Gasteiger partial charge < -0.3 is 10.1 Å². The second-order valence-electron chi connectivity index (χ2n) is 9.88. The van der Waals surface area contributed by atoms with Crippen molar-refractivity contribution in [1.82, 2.24) is 19.4 Å². The van der Waals surface area contributed by atoms with Crippen molar-refractivity contribution >= 4 is 5.88 Å².